The highest BCUT2D eigenvalue weighted by Gasteiger charge is 2.26. The van der Waals surface area contributed by atoms with Crippen LogP contribution in [0.3, 0.4) is 0 Å². The van der Waals surface area contributed by atoms with Crippen molar-refractivity contribution in [1.82, 2.24) is 14.7 Å². The largest absolute Gasteiger partial charge is 0.368 e. The lowest BCUT2D eigenvalue weighted by atomic mass is 10.2. The van der Waals surface area contributed by atoms with Gasteiger partial charge in [0.15, 0.2) is 0 Å². The molecule has 1 saturated heterocycles. The number of nitro benzene ring substituents is 1. The van der Waals surface area contributed by atoms with Crippen molar-refractivity contribution in [3.63, 3.8) is 0 Å². The summed E-state index contributed by atoms with van der Waals surface area (Å²) in [6, 6.07) is 20.4. The van der Waals surface area contributed by atoms with Crippen LogP contribution in [-0.4, -0.2) is 51.7 Å². The number of aromatic nitrogens is 2. The Balaban J connectivity index is 1.37. The number of aryl methyl sites for hydroxylation is 1. The highest BCUT2D eigenvalue weighted by molar-refractivity contribution is 7.13. The number of hydrogen-bond acceptors (Lipinski definition) is 6. The van der Waals surface area contributed by atoms with Crippen LogP contribution in [0.25, 0.3) is 16.3 Å². The molecular formula is C25H23N5O3S. The van der Waals surface area contributed by atoms with Gasteiger partial charge in [0.25, 0.3) is 11.6 Å². The third-order valence-electron chi connectivity index (χ3n) is 5.97. The number of benzene rings is 2. The van der Waals surface area contributed by atoms with Crippen LogP contribution >= 0.6 is 11.3 Å². The number of nitrogens with zero attached hydrogens (tertiary/aromatic N) is 5. The van der Waals surface area contributed by atoms with E-state index in [1.54, 1.807) is 28.2 Å². The molecule has 34 heavy (non-hydrogen) atoms. The van der Waals surface area contributed by atoms with Crippen molar-refractivity contribution in [3.05, 3.63) is 93.5 Å². The number of carbonyl (C=O) groups excluding carboxylic acids is 1. The predicted molar refractivity (Wildman–Crippen MR) is 133 cm³/mol. The SMILES string of the molecule is Cc1ccc(-n2nc(-c3cccs3)cc2C(=O)N2CCN(c3ccc([N+](=O)[O-])cc3)CC2)cc1. The first kappa shape index (κ1) is 21.8. The highest BCUT2D eigenvalue weighted by Crippen LogP contribution is 2.27. The van der Waals surface area contributed by atoms with Crippen LogP contribution in [0.2, 0.25) is 0 Å². The normalized spacial score (nSPS) is 13.8. The number of amides is 1. The fraction of sp³-hybridized carbons (Fsp3) is 0.200. The van der Waals surface area contributed by atoms with Crippen LogP contribution in [0.5, 0.6) is 0 Å². The monoisotopic (exact) mass is 473 g/mol. The number of thiophene rings is 1. The Bertz CT molecular complexity index is 1310. The average molecular weight is 474 g/mol. The molecule has 4 aromatic rings. The van der Waals surface area contributed by atoms with Gasteiger partial charge in [0, 0.05) is 44.0 Å². The average Bonchev–Trinajstić information content (AvgIpc) is 3.55. The number of hydrogen-bond donors (Lipinski definition) is 0. The summed E-state index contributed by atoms with van der Waals surface area (Å²) in [6.45, 7) is 4.45. The van der Waals surface area contributed by atoms with Crippen molar-refractivity contribution in [3.8, 4) is 16.3 Å². The zero-order valence-electron chi connectivity index (χ0n) is 18.6. The minimum atomic E-state index is -0.401. The van der Waals surface area contributed by atoms with Gasteiger partial charge in [0.05, 0.1) is 15.5 Å². The first-order valence-electron chi connectivity index (χ1n) is 11.0. The molecule has 0 N–H and O–H groups in total. The van der Waals surface area contributed by atoms with Gasteiger partial charge in [-0.3, -0.25) is 14.9 Å². The zero-order valence-corrected chi connectivity index (χ0v) is 19.4. The van der Waals surface area contributed by atoms with Crippen LogP contribution in [0, 0.1) is 17.0 Å². The lowest BCUT2D eigenvalue weighted by Crippen LogP contribution is -2.49. The van der Waals surface area contributed by atoms with E-state index in [0.717, 1.165) is 27.5 Å². The van der Waals surface area contributed by atoms with Gasteiger partial charge in [-0.2, -0.15) is 5.10 Å². The van der Waals surface area contributed by atoms with E-state index in [1.165, 1.54) is 12.1 Å². The summed E-state index contributed by atoms with van der Waals surface area (Å²) in [6.07, 6.45) is 0. The Hall–Kier alpha value is -3.98. The molecule has 1 fully saturated rings. The van der Waals surface area contributed by atoms with Gasteiger partial charge < -0.3 is 9.80 Å². The molecule has 2 aromatic carbocycles. The summed E-state index contributed by atoms with van der Waals surface area (Å²) in [5, 5.41) is 17.7. The van der Waals surface area contributed by atoms with E-state index < -0.39 is 4.92 Å². The highest BCUT2D eigenvalue weighted by atomic mass is 32.1. The van der Waals surface area contributed by atoms with E-state index in [2.05, 4.69) is 4.90 Å². The van der Waals surface area contributed by atoms with E-state index in [9.17, 15) is 14.9 Å². The smallest absolute Gasteiger partial charge is 0.272 e. The molecule has 0 aliphatic carbocycles. The Labute approximate surface area is 200 Å². The quantitative estimate of drug-likeness (QED) is 0.308. The summed E-state index contributed by atoms with van der Waals surface area (Å²) < 4.78 is 1.74. The summed E-state index contributed by atoms with van der Waals surface area (Å²) in [4.78, 5) is 29.1. The maximum Gasteiger partial charge on any atom is 0.272 e. The van der Waals surface area contributed by atoms with Gasteiger partial charge in [-0.25, -0.2) is 4.68 Å². The molecule has 3 heterocycles. The van der Waals surface area contributed by atoms with Gasteiger partial charge in [0.1, 0.15) is 11.4 Å². The van der Waals surface area contributed by atoms with E-state index >= 15 is 0 Å². The van der Waals surface area contributed by atoms with Crippen LogP contribution in [0.4, 0.5) is 11.4 Å². The standard InChI is InChI=1S/C25H23N5O3S/c1-18-4-6-20(7-5-18)29-23(17-22(26-29)24-3-2-16-34-24)25(31)28-14-12-27(13-15-28)19-8-10-21(11-9-19)30(32)33/h2-11,16-17H,12-15H2,1H3. The van der Waals surface area contributed by atoms with Crippen molar-refractivity contribution < 1.29 is 9.72 Å². The molecular weight excluding hydrogens is 450 g/mol. The second-order valence-corrected chi connectivity index (χ2v) is 9.14. The number of non-ortho nitro benzene ring substituents is 1. The maximum atomic E-state index is 13.6. The van der Waals surface area contributed by atoms with Crippen molar-refractivity contribution in [1.29, 1.82) is 0 Å². The number of anilines is 1. The minimum Gasteiger partial charge on any atom is -0.368 e. The minimum absolute atomic E-state index is 0.0563. The summed E-state index contributed by atoms with van der Waals surface area (Å²) in [5.41, 5.74) is 4.30. The number of nitro groups is 1. The first-order valence-corrected chi connectivity index (χ1v) is 11.9. The topological polar surface area (TPSA) is 84.5 Å². The maximum absolute atomic E-state index is 13.6. The molecule has 8 nitrogen and oxygen atoms in total. The summed E-state index contributed by atoms with van der Waals surface area (Å²) in [5.74, 6) is -0.0563. The van der Waals surface area contributed by atoms with Crippen molar-refractivity contribution in [2.75, 3.05) is 31.1 Å². The third kappa shape index (κ3) is 4.29. The molecule has 1 amide bonds. The molecule has 0 unspecified atom stereocenters. The predicted octanol–water partition coefficient (Wildman–Crippen LogP) is 4.78. The van der Waals surface area contributed by atoms with Gasteiger partial charge in [0.2, 0.25) is 0 Å². The van der Waals surface area contributed by atoms with Gasteiger partial charge in [-0.15, -0.1) is 11.3 Å². The van der Waals surface area contributed by atoms with Gasteiger partial charge in [-0.1, -0.05) is 23.8 Å². The first-order chi connectivity index (χ1) is 16.5. The van der Waals surface area contributed by atoms with Crippen molar-refractivity contribution in [2.45, 2.75) is 6.92 Å². The Morgan fingerprint density at radius 3 is 2.26 bits per heavy atom. The zero-order chi connectivity index (χ0) is 23.7. The number of carbonyl (C=O) groups is 1. The van der Waals surface area contributed by atoms with Gasteiger partial charge in [-0.05, 0) is 48.7 Å². The lowest BCUT2D eigenvalue weighted by molar-refractivity contribution is -0.384. The Morgan fingerprint density at radius 1 is 0.971 bits per heavy atom. The molecule has 1 aliphatic rings. The van der Waals surface area contributed by atoms with Crippen LogP contribution < -0.4 is 4.90 Å². The van der Waals surface area contributed by atoms with Gasteiger partial charge >= 0.3 is 0 Å². The van der Waals surface area contributed by atoms with Crippen molar-refractivity contribution in [2.24, 2.45) is 0 Å². The fourth-order valence-corrected chi connectivity index (χ4v) is 4.76. The van der Waals surface area contributed by atoms with Crippen LogP contribution in [-0.2, 0) is 0 Å². The fourth-order valence-electron chi connectivity index (χ4n) is 4.08. The van der Waals surface area contributed by atoms with E-state index in [4.69, 9.17) is 5.10 Å². The molecule has 9 heteroatoms. The van der Waals surface area contributed by atoms with Crippen LogP contribution in [0.15, 0.2) is 72.1 Å². The van der Waals surface area contributed by atoms with E-state index in [1.807, 2.05) is 59.7 Å². The molecule has 2 aromatic heterocycles. The molecule has 0 bridgehead atoms. The molecule has 0 saturated carbocycles. The molecule has 0 radical (unpaired) electrons. The number of piperazine rings is 1. The summed E-state index contributed by atoms with van der Waals surface area (Å²) >= 11 is 1.59. The number of rotatable bonds is 5. The molecule has 5 rings (SSSR count). The third-order valence-corrected chi connectivity index (χ3v) is 6.87. The Morgan fingerprint density at radius 2 is 1.65 bits per heavy atom. The van der Waals surface area contributed by atoms with E-state index in [-0.39, 0.29) is 11.6 Å². The molecule has 0 atom stereocenters. The van der Waals surface area contributed by atoms with Crippen LogP contribution in [0.1, 0.15) is 16.1 Å². The molecule has 172 valence electrons. The Kier molecular flexibility index (Phi) is 5.85. The van der Waals surface area contributed by atoms with E-state index in [0.29, 0.717) is 31.9 Å². The second kappa shape index (κ2) is 9.11. The summed E-state index contributed by atoms with van der Waals surface area (Å²) in [7, 11) is 0. The molecule has 0 spiro atoms. The van der Waals surface area contributed by atoms with Crippen molar-refractivity contribution >= 4 is 28.6 Å². The second-order valence-electron chi connectivity index (χ2n) is 8.19. The molecule has 1 aliphatic heterocycles. The lowest BCUT2D eigenvalue weighted by Gasteiger charge is -2.36.